The van der Waals surface area contributed by atoms with Crippen molar-refractivity contribution in [2.24, 2.45) is 0 Å². The lowest BCUT2D eigenvalue weighted by atomic mass is 9.94. The van der Waals surface area contributed by atoms with Crippen LogP contribution in [0.2, 0.25) is 0 Å². The van der Waals surface area contributed by atoms with Gasteiger partial charge in [0.2, 0.25) is 0 Å². The molecule has 0 unspecified atom stereocenters. The van der Waals surface area contributed by atoms with Crippen LogP contribution in [0, 0.1) is 0 Å². The molecule has 0 spiro atoms. The lowest BCUT2D eigenvalue weighted by molar-refractivity contribution is -0.139. The van der Waals surface area contributed by atoms with E-state index < -0.39 is 0 Å². The lowest BCUT2D eigenvalue weighted by Gasteiger charge is -2.30. The average Bonchev–Trinajstić information content (AvgIpc) is 3.30. The second-order valence-electron chi connectivity index (χ2n) is 10.8. The van der Waals surface area contributed by atoms with Crippen LogP contribution in [0.15, 0.2) is 109 Å². The molecule has 0 N–H and O–H groups in total. The molecule has 4 aromatic carbocycles. The van der Waals surface area contributed by atoms with Gasteiger partial charge in [-0.15, -0.1) is 0 Å². The standard InChI is InChI=1S/C38H33NO2/c40-37-35(32-24-20-30(21-25-32)18-16-28-10-4-1-5-11-28)36(38(41)39(37)34-14-8-3-9-15-34)33-26-22-31(23-27-33)19-17-29-12-6-2-7-13-29/h1-2,4-7,10-13,16-27,34H,3,8-9,14-15H2. The summed E-state index contributed by atoms with van der Waals surface area (Å²) in [4.78, 5) is 29.4. The highest BCUT2D eigenvalue weighted by Crippen LogP contribution is 2.39. The summed E-state index contributed by atoms with van der Waals surface area (Å²) in [6.07, 6.45) is 13.3. The molecule has 1 fully saturated rings. The van der Waals surface area contributed by atoms with E-state index in [-0.39, 0.29) is 17.9 Å². The maximum absolute atomic E-state index is 13.9. The predicted molar refractivity (Wildman–Crippen MR) is 169 cm³/mol. The highest BCUT2D eigenvalue weighted by atomic mass is 16.2. The summed E-state index contributed by atoms with van der Waals surface area (Å²) in [5, 5.41) is 0. The first-order valence-electron chi connectivity index (χ1n) is 14.5. The molecule has 1 aliphatic heterocycles. The summed E-state index contributed by atoms with van der Waals surface area (Å²) in [5.74, 6) is -0.338. The minimum atomic E-state index is -0.169. The number of amides is 2. The molecule has 1 saturated carbocycles. The van der Waals surface area contributed by atoms with Gasteiger partial charge in [0.15, 0.2) is 0 Å². The van der Waals surface area contributed by atoms with Gasteiger partial charge in [-0.3, -0.25) is 14.5 Å². The Labute approximate surface area is 242 Å². The minimum absolute atomic E-state index is 0.0302. The molecule has 0 bridgehead atoms. The van der Waals surface area contributed by atoms with E-state index in [2.05, 4.69) is 48.6 Å². The Balaban J connectivity index is 1.33. The Kier molecular flexibility index (Phi) is 7.86. The van der Waals surface area contributed by atoms with E-state index in [1.807, 2.05) is 84.9 Å². The molecule has 2 aliphatic rings. The van der Waals surface area contributed by atoms with Crippen LogP contribution in [0.4, 0.5) is 0 Å². The van der Waals surface area contributed by atoms with Crippen molar-refractivity contribution in [3.05, 3.63) is 143 Å². The fraction of sp³-hybridized carbons (Fsp3) is 0.158. The quantitative estimate of drug-likeness (QED) is 0.175. The van der Waals surface area contributed by atoms with E-state index in [0.717, 1.165) is 65.5 Å². The molecular weight excluding hydrogens is 502 g/mol. The van der Waals surface area contributed by atoms with Gasteiger partial charge in [0.05, 0.1) is 11.1 Å². The normalized spacial score (nSPS) is 16.4. The van der Waals surface area contributed by atoms with E-state index in [1.165, 1.54) is 0 Å². The zero-order valence-electron chi connectivity index (χ0n) is 23.1. The number of carbonyl (C=O) groups is 2. The zero-order chi connectivity index (χ0) is 28.0. The number of carbonyl (C=O) groups excluding carboxylic acids is 2. The molecular formula is C38H33NO2. The fourth-order valence-electron chi connectivity index (χ4n) is 5.79. The van der Waals surface area contributed by atoms with Gasteiger partial charge in [-0.05, 0) is 46.2 Å². The van der Waals surface area contributed by atoms with Crippen LogP contribution in [0.25, 0.3) is 35.5 Å². The Bertz CT molecular complexity index is 1490. The number of nitrogens with zero attached hydrogens (tertiary/aromatic N) is 1. The minimum Gasteiger partial charge on any atom is -0.271 e. The number of benzene rings is 4. The van der Waals surface area contributed by atoms with E-state index >= 15 is 0 Å². The smallest absolute Gasteiger partial charge is 0.262 e. The summed E-state index contributed by atoms with van der Waals surface area (Å²) >= 11 is 0. The third kappa shape index (κ3) is 5.90. The monoisotopic (exact) mass is 535 g/mol. The largest absolute Gasteiger partial charge is 0.271 e. The summed E-state index contributed by atoms with van der Waals surface area (Å²) in [6.45, 7) is 0. The molecule has 41 heavy (non-hydrogen) atoms. The van der Waals surface area contributed by atoms with Gasteiger partial charge >= 0.3 is 0 Å². The van der Waals surface area contributed by atoms with Crippen molar-refractivity contribution >= 4 is 47.3 Å². The molecule has 2 amide bonds. The van der Waals surface area contributed by atoms with Gasteiger partial charge in [-0.1, -0.05) is 153 Å². The van der Waals surface area contributed by atoms with Crippen LogP contribution in [0.5, 0.6) is 0 Å². The van der Waals surface area contributed by atoms with Crippen LogP contribution in [-0.2, 0) is 9.59 Å². The van der Waals surface area contributed by atoms with Crippen LogP contribution in [-0.4, -0.2) is 22.8 Å². The molecule has 0 saturated heterocycles. The zero-order valence-corrected chi connectivity index (χ0v) is 23.1. The first-order valence-corrected chi connectivity index (χ1v) is 14.5. The Morgan fingerprint density at radius 2 is 0.829 bits per heavy atom. The molecule has 0 aromatic heterocycles. The molecule has 0 atom stereocenters. The number of imide groups is 1. The van der Waals surface area contributed by atoms with Gasteiger partial charge in [-0.2, -0.15) is 0 Å². The van der Waals surface area contributed by atoms with Crippen molar-refractivity contribution in [3.63, 3.8) is 0 Å². The Morgan fingerprint density at radius 3 is 1.22 bits per heavy atom. The third-order valence-electron chi connectivity index (χ3n) is 7.99. The maximum atomic E-state index is 13.9. The van der Waals surface area contributed by atoms with Crippen LogP contribution < -0.4 is 0 Å². The van der Waals surface area contributed by atoms with Crippen molar-refractivity contribution in [3.8, 4) is 0 Å². The van der Waals surface area contributed by atoms with Gasteiger partial charge in [0.1, 0.15) is 0 Å². The van der Waals surface area contributed by atoms with Gasteiger partial charge in [0.25, 0.3) is 11.8 Å². The molecule has 0 radical (unpaired) electrons. The number of hydrogen-bond acceptors (Lipinski definition) is 2. The van der Waals surface area contributed by atoms with Crippen molar-refractivity contribution < 1.29 is 9.59 Å². The van der Waals surface area contributed by atoms with Gasteiger partial charge < -0.3 is 0 Å². The Hall–Kier alpha value is -4.76. The number of rotatable bonds is 7. The SMILES string of the molecule is O=C1C(c2ccc(C=Cc3ccccc3)cc2)=C(c2ccc(C=Cc3ccccc3)cc2)C(=O)N1C1CCCCC1. The van der Waals surface area contributed by atoms with Crippen molar-refractivity contribution in [1.29, 1.82) is 0 Å². The van der Waals surface area contributed by atoms with Crippen molar-refractivity contribution in [2.45, 2.75) is 38.1 Å². The van der Waals surface area contributed by atoms with E-state index in [1.54, 1.807) is 4.90 Å². The summed E-state index contributed by atoms with van der Waals surface area (Å²) in [7, 11) is 0. The summed E-state index contributed by atoms with van der Waals surface area (Å²) < 4.78 is 0. The van der Waals surface area contributed by atoms with Crippen molar-refractivity contribution in [1.82, 2.24) is 4.90 Å². The van der Waals surface area contributed by atoms with Crippen LogP contribution in [0.3, 0.4) is 0 Å². The summed E-state index contributed by atoms with van der Waals surface area (Å²) in [6, 6.07) is 36.2. The number of hydrogen-bond donors (Lipinski definition) is 0. The van der Waals surface area contributed by atoms with E-state index in [0.29, 0.717) is 11.1 Å². The highest BCUT2D eigenvalue weighted by molar-refractivity contribution is 6.49. The third-order valence-corrected chi connectivity index (χ3v) is 7.99. The van der Waals surface area contributed by atoms with Crippen molar-refractivity contribution in [2.75, 3.05) is 0 Å². The molecule has 3 nitrogen and oxygen atoms in total. The van der Waals surface area contributed by atoms with Gasteiger partial charge in [-0.25, -0.2) is 0 Å². The summed E-state index contributed by atoms with van der Waals surface area (Å²) in [5.41, 5.74) is 6.90. The average molecular weight is 536 g/mol. The second-order valence-corrected chi connectivity index (χ2v) is 10.8. The molecule has 6 rings (SSSR count). The Morgan fingerprint density at radius 1 is 0.463 bits per heavy atom. The molecule has 1 aliphatic carbocycles. The van der Waals surface area contributed by atoms with E-state index in [4.69, 9.17) is 0 Å². The predicted octanol–water partition coefficient (Wildman–Crippen LogP) is 8.64. The molecule has 3 heteroatoms. The highest BCUT2D eigenvalue weighted by Gasteiger charge is 2.43. The fourth-order valence-corrected chi connectivity index (χ4v) is 5.79. The first-order chi connectivity index (χ1) is 20.2. The second kappa shape index (κ2) is 12.2. The van der Waals surface area contributed by atoms with Crippen LogP contribution >= 0.6 is 0 Å². The van der Waals surface area contributed by atoms with Gasteiger partial charge in [0, 0.05) is 6.04 Å². The lowest BCUT2D eigenvalue weighted by Crippen LogP contribution is -2.42. The molecule has 1 heterocycles. The first kappa shape index (κ1) is 26.5. The molecule has 4 aromatic rings. The van der Waals surface area contributed by atoms with E-state index in [9.17, 15) is 9.59 Å². The topological polar surface area (TPSA) is 37.4 Å². The van der Waals surface area contributed by atoms with Crippen LogP contribution in [0.1, 0.15) is 65.5 Å². The maximum Gasteiger partial charge on any atom is 0.262 e. The molecule has 202 valence electrons.